The number of aryl methyl sites for hydroxylation is 1. The van der Waals surface area contributed by atoms with Crippen LogP contribution >= 0.6 is 0 Å². The van der Waals surface area contributed by atoms with E-state index in [1.165, 1.54) is 5.56 Å². The average molecular weight is 237 g/mol. The van der Waals surface area contributed by atoms with E-state index < -0.39 is 0 Å². The van der Waals surface area contributed by atoms with Crippen LogP contribution in [0.2, 0.25) is 0 Å². The molecular weight excluding hydrogens is 222 g/mol. The Morgan fingerprint density at radius 3 is 2.39 bits per heavy atom. The van der Waals surface area contributed by atoms with Crippen molar-refractivity contribution < 1.29 is 4.79 Å². The van der Waals surface area contributed by atoms with Gasteiger partial charge in [0, 0.05) is 11.3 Å². The first kappa shape index (κ1) is 12.1. The molecular formula is C16H15NO. The van der Waals surface area contributed by atoms with Gasteiger partial charge in [0.15, 0.2) is 5.78 Å². The molecule has 0 aliphatic heterocycles. The lowest BCUT2D eigenvalue weighted by molar-refractivity contribution is 0.104. The number of carbonyl (C=O) groups is 1. The van der Waals surface area contributed by atoms with Gasteiger partial charge >= 0.3 is 0 Å². The Morgan fingerprint density at radius 1 is 1.06 bits per heavy atom. The Hall–Kier alpha value is -2.35. The number of allylic oxidation sites excluding steroid dienone is 1. The van der Waals surface area contributed by atoms with Crippen LogP contribution in [0.15, 0.2) is 54.6 Å². The van der Waals surface area contributed by atoms with Crippen LogP contribution in [0, 0.1) is 6.92 Å². The van der Waals surface area contributed by atoms with Crippen LogP contribution in [0.5, 0.6) is 0 Å². The van der Waals surface area contributed by atoms with Crippen molar-refractivity contribution in [2.24, 2.45) is 0 Å². The third-order valence-electron chi connectivity index (χ3n) is 2.73. The number of rotatable bonds is 3. The van der Waals surface area contributed by atoms with Gasteiger partial charge in [-0.3, -0.25) is 4.79 Å². The summed E-state index contributed by atoms with van der Waals surface area (Å²) < 4.78 is 0. The van der Waals surface area contributed by atoms with Gasteiger partial charge in [0.1, 0.15) is 0 Å². The minimum Gasteiger partial charge on any atom is -0.398 e. The molecule has 0 aromatic heterocycles. The molecule has 0 bridgehead atoms. The van der Waals surface area contributed by atoms with Crippen molar-refractivity contribution in [2.75, 3.05) is 5.73 Å². The van der Waals surface area contributed by atoms with Crippen molar-refractivity contribution in [3.8, 4) is 0 Å². The summed E-state index contributed by atoms with van der Waals surface area (Å²) in [6.45, 7) is 2.03. The van der Waals surface area contributed by atoms with Gasteiger partial charge in [-0.15, -0.1) is 0 Å². The van der Waals surface area contributed by atoms with E-state index in [-0.39, 0.29) is 5.78 Å². The van der Waals surface area contributed by atoms with E-state index in [1.807, 2.05) is 43.3 Å². The Bertz CT molecular complexity index is 582. The summed E-state index contributed by atoms with van der Waals surface area (Å²) in [5.41, 5.74) is 9.01. The summed E-state index contributed by atoms with van der Waals surface area (Å²) in [5, 5.41) is 0. The number of benzene rings is 2. The monoisotopic (exact) mass is 237 g/mol. The molecule has 0 aliphatic carbocycles. The predicted octanol–water partition coefficient (Wildman–Crippen LogP) is 3.47. The van der Waals surface area contributed by atoms with Crippen LogP contribution in [0.1, 0.15) is 21.5 Å². The third kappa shape index (κ3) is 2.86. The normalized spacial score (nSPS) is 10.7. The summed E-state index contributed by atoms with van der Waals surface area (Å²) in [6.07, 6.45) is 3.35. The first-order valence-electron chi connectivity index (χ1n) is 5.80. The maximum Gasteiger partial charge on any atom is 0.187 e. The number of carbonyl (C=O) groups excluding carboxylic acids is 1. The maximum atomic E-state index is 11.9. The molecule has 2 N–H and O–H groups in total. The Balaban J connectivity index is 2.17. The second-order valence-electron chi connectivity index (χ2n) is 4.20. The molecule has 90 valence electrons. The summed E-state index contributed by atoms with van der Waals surface area (Å²) in [7, 11) is 0. The van der Waals surface area contributed by atoms with Gasteiger partial charge in [-0.05, 0) is 30.7 Å². The second-order valence-corrected chi connectivity index (χ2v) is 4.20. The fourth-order valence-electron chi connectivity index (χ4n) is 1.66. The lowest BCUT2D eigenvalue weighted by atomic mass is 10.1. The van der Waals surface area contributed by atoms with Gasteiger partial charge in [0.05, 0.1) is 0 Å². The van der Waals surface area contributed by atoms with E-state index in [0.717, 1.165) is 5.56 Å². The highest BCUT2D eigenvalue weighted by Gasteiger charge is 2.04. The molecule has 2 aromatic carbocycles. The standard InChI is InChI=1S/C16H15NO/c1-12-6-8-13(9-7-12)10-11-16(18)14-4-2-3-5-15(14)17/h2-11H,17H2,1H3/b11-10+. The second kappa shape index (κ2) is 5.32. The molecule has 0 spiro atoms. The van der Waals surface area contributed by atoms with Crippen molar-refractivity contribution in [1.29, 1.82) is 0 Å². The van der Waals surface area contributed by atoms with Gasteiger partial charge in [-0.2, -0.15) is 0 Å². The van der Waals surface area contributed by atoms with Crippen molar-refractivity contribution in [3.63, 3.8) is 0 Å². The van der Waals surface area contributed by atoms with Crippen LogP contribution in [0.4, 0.5) is 5.69 Å². The number of hydrogen-bond acceptors (Lipinski definition) is 2. The molecule has 0 fully saturated rings. The molecule has 0 radical (unpaired) electrons. The van der Waals surface area contributed by atoms with E-state index in [9.17, 15) is 4.79 Å². The number of anilines is 1. The topological polar surface area (TPSA) is 43.1 Å². The van der Waals surface area contributed by atoms with Crippen LogP contribution in [-0.2, 0) is 0 Å². The first-order chi connectivity index (χ1) is 8.66. The van der Waals surface area contributed by atoms with Crippen molar-refractivity contribution >= 4 is 17.5 Å². The van der Waals surface area contributed by atoms with Crippen LogP contribution < -0.4 is 5.73 Å². The summed E-state index contributed by atoms with van der Waals surface area (Å²) >= 11 is 0. The molecule has 0 saturated carbocycles. The van der Waals surface area contributed by atoms with Gasteiger partial charge in [-0.1, -0.05) is 48.0 Å². The molecule has 0 unspecified atom stereocenters. The lowest BCUT2D eigenvalue weighted by Crippen LogP contribution is -1.99. The molecule has 2 heteroatoms. The Labute approximate surface area is 107 Å². The van der Waals surface area contributed by atoms with Crippen LogP contribution in [-0.4, -0.2) is 5.78 Å². The van der Waals surface area contributed by atoms with Crippen LogP contribution in [0.3, 0.4) is 0 Å². The van der Waals surface area contributed by atoms with E-state index in [0.29, 0.717) is 11.3 Å². The zero-order valence-electron chi connectivity index (χ0n) is 10.3. The average Bonchev–Trinajstić information content (AvgIpc) is 2.38. The SMILES string of the molecule is Cc1ccc(/C=C/C(=O)c2ccccc2N)cc1. The Morgan fingerprint density at radius 2 is 1.72 bits per heavy atom. The van der Waals surface area contributed by atoms with Crippen molar-refractivity contribution in [1.82, 2.24) is 0 Å². The number of hydrogen-bond donors (Lipinski definition) is 1. The molecule has 2 rings (SSSR count). The minimum absolute atomic E-state index is 0.0753. The zero-order chi connectivity index (χ0) is 13.0. The van der Waals surface area contributed by atoms with Crippen molar-refractivity contribution in [3.05, 3.63) is 71.3 Å². The van der Waals surface area contributed by atoms with Gasteiger partial charge in [-0.25, -0.2) is 0 Å². The molecule has 0 atom stereocenters. The van der Waals surface area contributed by atoms with Crippen molar-refractivity contribution in [2.45, 2.75) is 6.92 Å². The number of para-hydroxylation sites is 1. The fourth-order valence-corrected chi connectivity index (χ4v) is 1.66. The van der Waals surface area contributed by atoms with E-state index in [1.54, 1.807) is 24.3 Å². The highest BCUT2D eigenvalue weighted by molar-refractivity contribution is 6.10. The zero-order valence-corrected chi connectivity index (χ0v) is 10.3. The highest BCUT2D eigenvalue weighted by atomic mass is 16.1. The molecule has 18 heavy (non-hydrogen) atoms. The quantitative estimate of drug-likeness (QED) is 0.504. The fraction of sp³-hybridized carbons (Fsp3) is 0.0625. The summed E-state index contributed by atoms with van der Waals surface area (Å²) in [6, 6.07) is 15.1. The van der Waals surface area contributed by atoms with E-state index in [4.69, 9.17) is 5.73 Å². The highest BCUT2D eigenvalue weighted by Crippen LogP contribution is 2.13. The maximum absolute atomic E-state index is 11.9. The number of nitrogens with two attached hydrogens (primary N) is 1. The first-order valence-corrected chi connectivity index (χ1v) is 5.80. The molecule has 0 saturated heterocycles. The number of ketones is 1. The third-order valence-corrected chi connectivity index (χ3v) is 2.73. The molecule has 0 amide bonds. The molecule has 2 aromatic rings. The van der Waals surface area contributed by atoms with Crippen LogP contribution in [0.25, 0.3) is 6.08 Å². The lowest BCUT2D eigenvalue weighted by Gasteiger charge is -2.00. The van der Waals surface area contributed by atoms with E-state index in [2.05, 4.69) is 0 Å². The molecule has 2 nitrogen and oxygen atoms in total. The van der Waals surface area contributed by atoms with Gasteiger partial charge in [0.25, 0.3) is 0 Å². The largest absolute Gasteiger partial charge is 0.398 e. The van der Waals surface area contributed by atoms with E-state index >= 15 is 0 Å². The Kier molecular flexibility index (Phi) is 3.58. The summed E-state index contributed by atoms with van der Waals surface area (Å²) in [4.78, 5) is 11.9. The predicted molar refractivity (Wildman–Crippen MR) is 75.4 cm³/mol. The van der Waals surface area contributed by atoms with Gasteiger partial charge < -0.3 is 5.73 Å². The van der Waals surface area contributed by atoms with Gasteiger partial charge in [0.2, 0.25) is 0 Å². The molecule has 0 aliphatic rings. The smallest absolute Gasteiger partial charge is 0.187 e. The minimum atomic E-state index is -0.0753. The number of nitrogen functional groups attached to an aromatic ring is 1. The summed E-state index contributed by atoms with van der Waals surface area (Å²) in [5.74, 6) is -0.0753. The molecule has 0 heterocycles.